The van der Waals surface area contributed by atoms with Gasteiger partial charge >= 0.3 is 5.91 Å². The van der Waals surface area contributed by atoms with Gasteiger partial charge in [0.2, 0.25) is 12.3 Å². The highest BCUT2D eigenvalue weighted by Crippen LogP contribution is 2.34. The molecule has 38 heavy (non-hydrogen) atoms. The van der Waals surface area contributed by atoms with Gasteiger partial charge in [-0.25, -0.2) is 14.2 Å². The van der Waals surface area contributed by atoms with Gasteiger partial charge < -0.3 is 25.6 Å². The maximum Gasteiger partial charge on any atom is 0.434 e. The summed E-state index contributed by atoms with van der Waals surface area (Å²) in [6, 6.07) is 0. The first-order valence-electron chi connectivity index (χ1n) is 12.8. The summed E-state index contributed by atoms with van der Waals surface area (Å²) in [6.07, 6.45) is 11.1. The molecular formula is C27H30FN4O6+. The van der Waals surface area contributed by atoms with Crippen LogP contribution in [0, 0.1) is 5.92 Å². The van der Waals surface area contributed by atoms with E-state index in [2.05, 4.69) is 15.6 Å². The number of nitrogens with one attached hydrogen (secondary N) is 2. The first kappa shape index (κ1) is 25.8. The third kappa shape index (κ3) is 4.73. The summed E-state index contributed by atoms with van der Waals surface area (Å²) >= 11 is 0. The maximum absolute atomic E-state index is 13.5. The summed E-state index contributed by atoms with van der Waals surface area (Å²) in [5, 5.41) is 26.7. The minimum atomic E-state index is -1.01. The van der Waals surface area contributed by atoms with Crippen molar-refractivity contribution in [3.05, 3.63) is 59.1 Å². The fourth-order valence-corrected chi connectivity index (χ4v) is 5.40. The van der Waals surface area contributed by atoms with Gasteiger partial charge in [0.25, 0.3) is 23.3 Å². The van der Waals surface area contributed by atoms with Crippen LogP contribution in [-0.4, -0.2) is 69.2 Å². The molecule has 1 fully saturated rings. The quantitative estimate of drug-likeness (QED) is 0.308. The zero-order valence-electron chi connectivity index (χ0n) is 21.0. The number of aliphatic hydroxyl groups is 2. The Morgan fingerprint density at radius 3 is 2.71 bits per heavy atom. The number of likely N-dealkylation sites (N-methyl/N-ethyl adjacent to an activating group) is 1. The van der Waals surface area contributed by atoms with E-state index in [1.807, 2.05) is 0 Å². The number of nitrogens with zero attached hydrogens (tertiary/aromatic N) is 2. The Bertz CT molecular complexity index is 1310. The summed E-state index contributed by atoms with van der Waals surface area (Å²) in [5.74, 6) is -3.39. The molecule has 1 saturated carbocycles. The van der Waals surface area contributed by atoms with Gasteiger partial charge in [-0.3, -0.25) is 9.59 Å². The average molecular weight is 526 g/mol. The highest BCUT2D eigenvalue weighted by atomic mass is 19.1. The van der Waals surface area contributed by atoms with Crippen molar-refractivity contribution in [3.63, 3.8) is 0 Å². The Morgan fingerprint density at radius 2 is 2.03 bits per heavy atom. The molecule has 0 saturated heterocycles. The minimum Gasteiger partial charge on any atom is -0.504 e. The highest BCUT2D eigenvalue weighted by Gasteiger charge is 2.52. The van der Waals surface area contributed by atoms with Gasteiger partial charge in [0.05, 0.1) is 5.60 Å². The monoisotopic (exact) mass is 525 g/mol. The lowest BCUT2D eigenvalue weighted by molar-refractivity contribution is -0.385. The Morgan fingerprint density at radius 1 is 1.26 bits per heavy atom. The molecule has 3 heterocycles. The highest BCUT2D eigenvalue weighted by molar-refractivity contribution is 6.52. The number of carbonyl (C=O) groups excluding carboxylic acids is 3. The van der Waals surface area contributed by atoms with E-state index in [0.717, 1.165) is 23.8 Å². The SMILES string of the molecule is CNC(=O)C1=C(O)C2=NC=C(CC3C=CC(F)=CC3)C3OC(C(=O)NCC4(O)CCCCC4)=C[N+](=C23)C1=O. The lowest BCUT2D eigenvalue weighted by Gasteiger charge is -2.33. The average Bonchev–Trinajstić information content (AvgIpc) is 2.92. The molecule has 0 spiro atoms. The van der Waals surface area contributed by atoms with Crippen LogP contribution in [0.3, 0.4) is 0 Å². The summed E-state index contributed by atoms with van der Waals surface area (Å²) in [7, 11) is 1.33. The summed E-state index contributed by atoms with van der Waals surface area (Å²) in [5.41, 5.74) is -0.701. The number of hydrogen-bond donors (Lipinski definition) is 4. The van der Waals surface area contributed by atoms with Crippen molar-refractivity contribution in [1.29, 1.82) is 0 Å². The molecule has 2 atom stereocenters. The number of allylic oxidation sites excluding steroid dienone is 5. The van der Waals surface area contributed by atoms with Crippen LogP contribution in [0.4, 0.5) is 4.39 Å². The van der Waals surface area contributed by atoms with Gasteiger partial charge in [-0.05, 0) is 49.3 Å². The molecule has 5 aliphatic rings. The van der Waals surface area contributed by atoms with E-state index in [9.17, 15) is 29.0 Å². The molecule has 4 N–H and O–H groups in total. The molecule has 0 aromatic rings. The number of ether oxygens (including phenoxy) is 1. The largest absolute Gasteiger partial charge is 0.504 e. The fraction of sp³-hybridized carbons (Fsp3) is 0.444. The van der Waals surface area contributed by atoms with E-state index in [1.54, 1.807) is 6.08 Å². The van der Waals surface area contributed by atoms with Crippen LogP contribution in [0.5, 0.6) is 0 Å². The first-order valence-corrected chi connectivity index (χ1v) is 12.8. The molecule has 0 aromatic heterocycles. The van der Waals surface area contributed by atoms with Gasteiger partial charge in [-0.1, -0.05) is 25.3 Å². The molecule has 200 valence electrons. The van der Waals surface area contributed by atoms with E-state index in [0.29, 0.717) is 31.3 Å². The number of aliphatic hydroxyl groups excluding tert-OH is 1. The Hall–Kier alpha value is -3.86. The van der Waals surface area contributed by atoms with Crippen molar-refractivity contribution in [2.24, 2.45) is 10.9 Å². The maximum atomic E-state index is 13.5. The second-order valence-corrected chi connectivity index (χ2v) is 10.2. The van der Waals surface area contributed by atoms with Crippen molar-refractivity contribution >= 4 is 29.1 Å². The second kappa shape index (κ2) is 10.1. The normalized spacial score (nSPS) is 25.9. The number of rotatable bonds is 6. The summed E-state index contributed by atoms with van der Waals surface area (Å²) in [4.78, 5) is 43.3. The third-order valence-electron chi connectivity index (χ3n) is 7.51. The topological polar surface area (TPSA) is 140 Å². The van der Waals surface area contributed by atoms with Crippen LogP contribution >= 0.6 is 0 Å². The summed E-state index contributed by atoms with van der Waals surface area (Å²) < 4.78 is 20.7. The van der Waals surface area contributed by atoms with Crippen LogP contribution in [0.15, 0.2) is 64.1 Å². The van der Waals surface area contributed by atoms with Gasteiger partial charge in [0, 0.05) is 19.8 Å². The zero-order chi connectivity index (χ0) is 27.0. The van der Waals surface area contributed by atoms with E-state index in [-0.39, 0.29) is 35.5 Å². The van der Waals surface area contributed by atoms with Gasteiger partial charge in [-0.2, -0.15) is 0 Å². The number of aliphatic imine (C=N–C) groups is 1. The smallest absolute Gasteiger partial charge is 0.434 e. The van der Waals surface area contributed by atoms with Gasteiger partial charge in [0.15, 0.2) is 17.0 Å². The molecular weight excluding hydrogens is 495 g/mol. The van der Waals surface area contributed by atoms with Crippen molar-refractivity contribution < 1.29 is 38.3 Å². The second-order valence-electron chi connectivity index (χ2n) is 10.2. The molecule has 3 amide bonds. The van der Waals surface area contributed by atoms with Crippen molar-refractivity contribution in [2.75, 3.05) is 13.6 Å². The van der Waals surface area contributed by atoms with Crippen LogP contribution in [-0.2, 0) is 19.1 Å². The standard InChI is InChI=1S/C27H29FN4O6/c1-29-25(35)19-22(33)20-21-23(16(12-30-20)11-15-5-7-17(28)8-6-15)38-18(13-32(21)26(19)36)24(34)31-14-27(37)9-3-2-4-10-27/h5,7-8,12-13,15,23,37H,2-4,6,9-11,14H2,1H3,(H2-,29,31,33,34,35,36)/p+1. The van der Waals surface area contributed by atoms with E-state index >= 15 is 0 Å². The Balaban J connectivity index is 1.48. The lowest BCUT2D eigenvalue weighted by Crippen LogP contribution is -2.52. The number of hydrogen-bond acceptors (Lipinski definition) is 7. The van der Waals surface area contributed by atoms with Crippen LogP contribution in [0.2, 0.25) is 0 Å². The molecule has 2 aliphatic carbocycles. The molecule has 3 aliphatic heterocycles. The predicted octanol–water partition coefficient (Wildman–Crippen LogP) is 1.75. The van der Waals surface area contributed by atoms with Crippen LogP contribution < -0.4 is 10.6 Å². The number of halogens is 1. The Labute approximate surface area is 218 Å². The van der Waals surface area contributed by atoms with Crippen molar-refractivity contribution in [3.8, 4) is 0 Å². The molecule has 10 nitrogen and oxygen atoms in total. The third-order valence-corrected chi connectivity index (χ3v) is 7.51. The van der Waals surface area contributed by atoms with E-state index < -0.39 is 40.8 Å². The zero-order valence-corrected chi connectivity index (χ0v) is 21.0. The molecule has 0 radical (unpaired) electrons. The van der Waals surface area contributed by atoms with Crippen LogP contribution in [0.1, 0.15) is 44.9 Å². The van der Waals surface area contributed by atoms with E-state index in [1.165, 1.54) is 31.6 Å². The van der Waals surface area contributed by atoms with Crippen molar-refractivity contribution in [2.45, 2.75) is 56.7 Å². The summed E-state index contributed by atoms with van der Waals surface area (Å²) in [6.45, 7) is 0.0338. The Kier molecular flexibility index (Phi) is 6.87. The first-order chi connectivity index (χ1) is 18.2. The van der Waals surface area contributed by atoms with Gasteiger partial charge in [0.1, 0.15) is 5.83 Å². The molecule has 5 rings (SSSR count). The fourth-order valence-electron chi connectivity index (χ4n) is 5.40. The minimum absolute atomic E-state index is 0.00528. The number of amides is 3. The molecule has 0 aromatic carbocycles. The van der Waals surface area contributed by atoms with Crippen LogP contribution in [0.25, 0.3) is 0 Å². The molecule has 11 heteroatoms. The van der Waals surface area contributed by atoms with E-state index in [4.69, 9.17) is 4.74 Å². The molecule has 2 unspecified atom stereocenters. The molecule has 0 bridgehead atoms. The van der Waals surface area contributed by atoms with Gasteiger partial charge in [-0.15, -0.1) is 4.58 Å². The lowest BCUT2D eigenvalue weighted by atomic mass is 9.85. The number of carbonyl (C=O) groups is 3. The predicted molar refractivity (Wildman–Crippen MR) is 135 cm³/mol. The van der Waals surface area contributed by atoms with Crippen molar-refractivity contribution in [1.82, 2.24) is 10.6 Å².